The van der Waals surface area contributed by atoms with Gasteiger partial charge in [0, 0.05) is 30.5 Å². The fourth-order valence-corrected chi connectivity index (χ4v) is 2.82. The van der Waals surface area contributed by atoms with E-state index in [4.69, 9.17) is 9.15 Å². The first-order valence-electron chi connectivity index (χ1n) is 8.23. The lowest BCUT2D eigenvalue weighted by Gasteiger charge is -2.17. The molecule has 0 aliphatic rings. The van der Waals surface area contributed by atoms with Crippen LogP contribution in [0, 0.1) is 0 Å². The van der Waals surface area contributed by atoms with Gasteiger partial charge in [-0.2, -0.15) is 5.10 Å². The van der Waals surface area contributed by atoms with Crippen LogP contribution in [0.5, 0.6) is 0 Å². The topological polar surface area (TPSA) is 77.6 Å². The number of furan rings is 1. The second kappa shape index (κ2) is 8.68. The van der Waals surface area contributed by atoms with E-state index in [9.17, 15) is 9.59 Å². The maximum Gasteiger partial charge on any atom is 0.374 e. The van der Waals surface area contributed by atoms with Gasteiger partial charge in [0.25, 0.3) is 5.91 Å². The lowest BCUT2D eigenvalue weighted by Crippen LogP contribution is -2.30. The Morgan fingerprint density at radius 1 is 1.22 bits per heavy atom. The quantitative estimate of drug-likeness (QED) is 0.537. The van der Waals surface area contributed by atoms with Crippen molar-refractivity contribution >= 4 is 27.8 Å². The average molecular weight is 432 g/mol. The van der Waals surface area contributed by atoms with Gasteiger partial charge < -0.3 is 14.1 Å². The van der Waals surface area contributed by atoms with Crippen molar-refractivity contribution in [2.75, 3.05) is 13.7 Å². The zero-order chi connectivity index (χ0) is 19.2. The number of aromatic nitrogens is 2. The van der Waals surface area contributed by atoms with E-state index in [0.29, 0.717) is 18.8 Å². The van der Waals surface area contributed by atoms with Crippen LogP contribution in [-0.4, -0.2) is 40.2 Å². The molecule has 3 aromatic rings. The van der Waals surface area contributed by atoms with Crippen LogP contribution in [0.1, 0.15) is 21.9 Å². The van der Waals surface area contributed by atoms with E-state index < -0.39 is 5.97 Å². The highest BCUT2D eigenvalue weighted by molar-refractivity contribution is 9.10. The molecule has 0 spiro atoms. The van der Waals surface area contributed by atoms with Gasteiger partial charge in [0.1, 0.15) is 5.76 Å². The molecule has 1 aromatic carbocycles. The van der Waals surface area contributed by atoms with Crippen LogP contribution in [0.2, 0.25) is 0 Å². The Morgan fingerprint density at radius 3 is 2.78 bits per heavy atom. The molecule has 1 amide bonds. The maximum absolute atomic E-state index is 12.2. The van der Waals surface area contributed by atoms with Gasteiger partial charge in [-0.1, -0.05) is 34.1 Å². The zero-order valence-electron chi connectivity index (χ0n) is 14.7. The molecule has 7 nitrogen and oxygen atoms in total. The highest BCUT2D eigenvalue weighted by atomic mass is 79.9. The van der Waals surface area contributed by atoms with Gasteiger partial charge >= 0.3 is 5.97 Å². The molecular weight excluding hydrogens is 414 g/mol. The molecule has 2 heterocycles. The summed E-state index contributed by atoms with van der Waals surface area (Å²) in [7, 11) is 1.66. The summed E-state index contributed by atoms with van der Waals surface area (Å²) in [5.41, 5.74) is 0.967. The van der Waals surface area contributed by atoms with E-state index in [0.717, 1.165) is 10.0 Å². The number of benzene rings is 1. The SMILES string of the molecule is CN(Cc1ccccc1Br)C(=O)COC(=O)c1ccc(Cn2cccn2)o1. The maximum atomic E-state index is 12.2. The number of rotatable bonds is 7. The Bertz CT molecular complexity index is 921. The van der Waals surface area contributed by atoms with Crippen LogP contribution < -0.4 is 0 Å². The van der Waals surface area contributed by atoms with Crippen LogP contribution in [0.3, 0.4) is 0 Å². The van der Waals surface area contributed by atoms with E-state index in [-0.39, 0.29) is 18.3 Å². The van der Waals surface area contributed by atoms with Gasteiger partial charge in [-0.05, 0) is 29.8 Å². The number of amides is 1. The van der Waals surface area contributed by atoms with Crippen molar-refractivity contribution in [1.82, 2.24) is 14.7 Å². The van der Waals surface area contributed by atoms with Crippen molar-refractivity contribution in [3.8, 4) is 0 Å². The molecule has 0 aliphatic heterocycles. The van der Waals surface area contributed by atoms with Crippen LogP contribution in [-0.2, 0) is 22.6 Å². The zero-order valence-corrected chi connectivity index (χ0v) is 16.3. The lowest BCUT2D eigenvalue weighted by atomic mass is 10.2. The van der Waals surface area contributed by atoms with Crippen LogP contribution in [0.4, 0.5) is 0 Å². The lowest BCUT2D eigenvalue weighted by molar-refractivity contribution is -0.133. The number of carbonyl (C=O) groups is 2. The molecule has 0 atom stereocenters. The van der Waals surface area contributed by atoms with Gasteiger partial charge in [-0.25, -0.2) is 4.79 Å². The largest absolute Gasteiger partial charge is 0.452 e. The van der Waals surface area contributed by atoms with Crippen LogP contribution in [0.15, 0.2) is 63.7 Å². The molecule has 3 rings (SSSR count). The molecule has 0 unspecified atom stereocenters. The Labute approximate surface area is 164 Å². The molecule has 0 radical (unpaired) electrons. The van der Waals surface area contributed by atoms with E-state index >= 15 is 0 Å². The fraction of sp³-hybridized carbons (Fsp3) is 0.211. The van der Waals surface area contributed by atoms with Crippen molar-refractivity contribution in [2.45, 2.75) is 13.1 Å². The predicted molar refractivity (Wildman–Crippen MR) is 101 cm³/mol. The van der Waals surface area contributed by atoms with Gasteiger partial charge in [0.15, 0.2) is 6.61 Å². The third kappa shape index (κ3) is 5.07. The second-order valence-corrected chi connectivity index (χ2v) is 6.74. The monoisotopic (exact) mass is 431 g/mol. The van der Waals surface area contributed by atoms with Crippen molar-refractivity contribution in [1.29, 1.82) is 0 Å². The number of esters is 1. The number of ether oxygens (including phenoxy) is 1. The standard InChI is InChI=1S/C19H18BrN3O4/c1-22(11-14-5-2-3-6-16(14)20)18(24)13-26-19(25)17-8-7-15(27-17)12-23-10-4-9-21-23/h2-10H,11-13H2,1H3. The number of likely N-dealkylation sites (N-methyl/N-ethyl adjacent to an activating group) is 1. The number of carbonyl (C=O) groups excluding carboxylic acids is 2. The molecule has 27 heavy (non-hydrogen) atoms. The van der Waals surface area contributed by atoms with Crippen molar-refractivity contribution in [2.24, 2.45) is 0 Å². The molecular formula is C19H18BrN3O4. The Morgan fingerprint density at radius 2 is 2.04 bits per heavy atom. The molecule has 0 saturated heterocycles. The molecule has 0 fully saturated rings. The molecule has 0 N–H and O–H groups in total. The Balaban J connectivity index is 1.50. The van der Waals surface area contributed by atoms with E-state index in [2.05, 4.69) is 21.0 Å². The molecule has 2 aromatic heterocycles. The number of hydrogen-bond acceptors (Lipinski definition) is 5. The van der Waals surface area contributed by atoms with Crippen LogP contribution >= 0.6 is 15.9 Å². The van der Waals surface area contributed by atoms with E-state index in [1.807, 2.05) is 24.3 Å². The summed E-state index contributed by atoms with van der Waals surface area (Å²) < 4.78 is 13.1. The summed E-state index contributed by atoms with van der Waals surface area (Å²) in [6, 6.07) is 12.6. The summed E-state index contributed by atoms with van der Waals surface area (Å²) in [5, 5.41) is 4.07. The minimum absolute atomic E-state index is 0.0541. The summed E-state index contributed by atoms with van der Waals surface area (Å²) in [6.45, 7) is 0.468. The third-order valence-electron chi connectivity index (χ3n) is 3.86. The Hall–Kier alpha value is -2.87. The summed E-state index contributed by atoms with van der Waals surface area (Å²) in [4.78, 5) is 25.8. The van der Waals surface area contributed by atoms with Crippen molar-refractivity contribution < 1.29 is 18.7 Å². The number of halogens is 1. The molecule has 140 valence electrons. The first-order chi connectivity index (χ1) is 13.0. The minimum Gasteiger partial charge on any atom is -0.452 e. The minimum atomic E-state index is -0.677. The van der Waals surface area contributed by atoms with Gasteiger partial charge in [-0.3, -0.25) is 9.48 Å². The summed E-state index contributed by atoms with van der Waals surface area (Å²) >= 11 is 3.45. The molecule has 0 bridgehead atoms. The normalized spacial score (nSPS) is 10.6. The number of hydrogen-bond donors (Lipinski definition) is 0. The highest BCUT2D eigenvalue weighted by Gasteiger charge is 2.17. The van der Waals surface area contributed by atoms with E-state index in [1.165, 1.54) is 11.0 Å². The first-order valence-corrected chi connectivity index (χ1v) is 9.03. The van der Waals surface area contributed by atoms with Crippen molar-refractivity contribution in [3.05, 3.63) is 76.4 Å². The average Bonchev–Trinajstić information content (AvgIpc) is 3.34. The van der Waals surface area contributed by atoms with Crippen LogP contribution in [0.25, 0.3) is 0 Å². The van der Waals surface area contributed by atoms with Crippen molar-refractivity contribution in [3.63, 3.8) is 0 Å². The predicted octanol–water partition coefficient (Wildman–Crippen LogP) is 3.10. The Kier molecular flexibility index (Phi) is 6.08. The highest BCUT2D eigenvalue weighted by Crippen LogP contribution is 2.17. The summed E-state index contributed by atoms with van der Waals surface area (Å²) in [6.07, 6.45) is 3.45. The van der Waals surface area contributed by atoms with Gasteiger partial charge in [0.2, 0.25) is 5.76 Å². The van der Waals surface area contributed by atoms with E-state index in [1.54, 1.807) is 36.3 Å². The molecule has 0 saturated carbocycles. The second-order valence-electron chi connectivity index (χ2n) is 5.89. The fourth-order valence-electron chi connectivity index (χ4n) is 2.41. The third-order valence-corrected chi connectivity index (χ3v) is 4.63. The smallest absolute Gasteiger partial charge is 0.374 e. The molecule has 8 heteroatoms. The number of nitrogens with zero attached hydrogens (tertiary/aromatic N) is 3. The molecule has 0 aliphatic carbocycles. The van der Waals surface area contributed by atoms with Gasteiger partial charge in [0.05, 0.1) is 6.54 Å². The summed E-state index contributed by atoms with van der Waals surface area (Å²) in [5.74, 6) is -0.354. The first kappa shape index (κ1) is 18.9. The van der Waals surface area contributed by atoms with Gasteiger partial charge in [-0.15, -0.1) is 0 Å².